The third-order valence-corrected chi connectivity index (χ3v) is 5.44. The molecule has 0 amide bonds. The average Bonchev–Trinajstić information content (AvgIpc) is 2.53. The second kappa shape index (κ2) is 7.77. The number of aryl methyl sites for hydroxylation is 1. The molecule has 0 aliphatic carbocycles. The first kappa shape index (κ1) is 18.2. The summed E-state index contributed by atoms with van der Waals surface area (Å²) in [6.45, 7) is 5.23. The van der Waals surface area contributed by atoms with Gasteiger partial charge in [0.1, 0.15) is 12.6 Å². The summed E-state index contributed by atoms with van der Waals surface area (Å²) in [5, 5.41) is 1.23. The lowest BCUT2D eigenvalue weighted by atomic mass is 9.96. The molecule has 2 atom stereocenters. The van der Waals surface area contributed by atoms with Gasteiger partial charge >= 0.3 is 5.97 Å². The number of rotatable bonds is 5. The lowest BCUT2D eigenvalue weighted by Crippen LogP contribution is -2.53. The van der Waals surface area contributed by atoms with Gasteiger partial charge in [0, 0.05) is 22.6 Å². The zero-order valence-electron chi connectivity index (χ0n) is 14.3. The van der Waals surface area contributed by atoms with Crippen molar-refractivity contribution in [2.24, 2.45) is 0 Å². The van der Waals surface area contributed by atoms with Gasteiger partial charge in [-0.1, -0.05) is 53.5 Å². The van der Waals surface area contributed by atoms with Gasteiger partial charge < -0.3 is 4.74 Å². The van der Waals surface area contributed by atoms with Crippen molar-refractivity contribution < 1.29 is 9.53 Å². The number of benzene rings is 2. The Balaban J connectivity index is 1.63. The summed E-state index contributed by atoms with van der Waals surface area (Å²) in [6.07, 6.45) is 0.808. The normalized spacial score (nSPS) is 18.5. The summed E-state index contributed by atoms with van der Waals surface area (Å²) in [7, 11) is 0. The van der Waals surface area contributed by atoms with Crippen molar-refractivity contribution in [2.45, 2.75) is 39.0 Å². The van der Waals surface area contributed by atoms with Gasteiger partial charge in [0.05, 0.1) is 0 Å². The van der Waals surface area contributed by atoms with Crippen LogP contribution >= 0.6 is 23.2 Å². The molecule has 132 valence electrons. The van der Waals surface area contributed by atoms with E-state index in [9.17, 15) is 4.79 Å². The lowest BCUT2D eigenvalue weighted by molar-refractivity contribution is -0.158. The van der Waals surface area contributed by atoms with Crippen LogP contribution in [0.15, 0.2) is 42.5 Å². The summed E-state index contributed by atoms with van der Waals surface area (Å²) in [5.41, 5.74) is 3.14. The minimum atomic E-state index is -0.217. The standard InChI is InChI=1S/C20H21Cl2NO2/c1-13-5-3-4-6-15(13)12-25-20(24)19-9-10-23(19)14(2)17-8-7-16(21)11-18(17)22/h3-8,11,14,19H,9-10,12H2,1-2H3. The summed E-state index contributed by atoms with van der Waals surface area (Å²) in [5.74, 6) is -0.175. The Morgan fingerprint density at radius 2 is 2.04 bits per heavy atom. The zero-order chi connectivity index (χ0) is 18.0. The molecule has 1 heterocycles. The number of carbonyl (C=O) groups is 1. The van der Waals surface area contributed by atoms with Crippen LogP contribution in [0.1, 0.15) is 36.1 Å². The van der Waals surface area contributed by atoms with Crippen LogP contribution in [0.25, 0.3) is 0 Å². The highest BCUT2D eigenvalue weighted by Crippen LogP contribution is 2.35. The van der Waals surface area contributed by atoms with Crippen LogP contribution in [0.4, 0.5) is 0 Å². The Labute approximate surface area is 158 Å². The third kappa shape index (κ3) is 4.00. The van der Waals surface area contributed by atoms with Crippen LogP contribution in [0.5, 0.6) is 0 Å². The van der Waals surface area contributed by atoms with Crippen LogP contribution in [-0.2, 0) is 16.1 Å². The molecule has 2 aromatic carbocycles. The molecule has 25 heavy (non-hydrogen) atoms. The number of hydrogen-bond acceptors (Lipinski definition) is 3. The maximum atomic E-state index is 12.5. The Morgan fingerprint density at radius 1 is 1.28 bits per heavy atom. The maximum Gasteiger partial charge on any atom is 0.323 e. The number of halogens is 2. The first-order valence-electron chi connectivity index (χ1n) is 8.39. The zero-order valence-corrected chi connectivity index (χ0v) is 15.8. The SMILES string of the molecule is Cc1ccccc1COC(=O)C1CCN1C(C)c1ccc(Cl)cc1Cl. The smallest absolute Gasteiger partial charge is 0.323 e. The fourth-order valence-corrected chi connectivity index (χ4v) is 3.73. The van der Waals surface area contributed by atoms with Crippen LogP contribution in [0, 0.1) is 6.92 Å². The van der Waals surface area contributed by atoms with Crippen LogP contribution < -0.4 is 0 Å². The molecule has 0 aromatic heterocycles. The summed E-state index contributed by atoms with van der Waals surface area (Å²) in [6, 6.07) is 13.2. The lowest BCUT2D eigenvalue weighted by Gasteiger charge is -2.43. The molecule has 1 saturated heterocycles. The average molecular weight is 378 g/mol. The first-order valence-corrected chi connectivity index (χ1v) is 9.15. The van der Waals surface area contributed by atoms with E-state index in [1.165, 1.54) is 0 Å². The Morgan fingerprint density at radius 3 is 2.68 bits per heavy atom. The predicted molar refractivity (Wildman–Crippen MR) is 101 cm³/mol. The number of hydrogen-bond donors (Lipinski definition) is 0. The monoisotopic (exact) mass is 377 g/mol. The van der Waals surface area contributed by atoms with E-state index < -0.39 is 0 Å². The van der Waals surface area contributed by atoms with Crippen molar-refractivity contribution in [2.75, 3.05) is 6.54 Å². The van der Waals surface area contributed by atoms with Gasteiger partial charge in [-0.2, -0.15) is 0 Å². The van der Waals surface area contributed by atoms with Crippen molar-refractivity contribution in [3.8, 4) is 0 Å². The van der Waals surface area contributed by atoms with Crippen LogP contribution in [0.2, 0.25) is 10.0 Å². The fraction of sp³-hybridized carbons (Fsp3) is 0.350. The number of esters is 1. The summed E-state index contributed by atoms with van der Waals surface area (Å²) in [4.78, 5) is 14.6. The minimum Gasteiger partial charge on any atom is -0.460 e. The minimum absolute atomic E-state index is 0.0366. The molecule has 0 radical (unpaired) electrons. The molecule has 5 heteroatoms. The van der Waals surface area contributed by atoms with Gasteiger partial charge in [-0.3, -0.25) is 9.69 Å². The van der Waals surface area contributed by atoms with Gasteiger partial charge in [-0.05, 0) is 49.1 Å². The topological polar surface area (TPSA) is 29.5 Å². The first-order chi connectivity index (χ1) is 12.0. The molecule has 0 saturated carbocycles. The summed E-state index contributed by atoms with van der Waals surface area (Å²) < 4.78 is 5.54. The number of nitrogens with zero attached hydrogens (tertiary/aromatic N) is 1. The van der Waals surface area contributed by atoms with Gasteiger partial charge in [-0.15, -0.1) is 0 Å². The van der Waals surface area contributed by atoms with Crippen molar-refractivity contribution >= 4 is 29.2 Å². The largest absolute Gasteiger partial charge is 0.460 e. The van der Waals surface area contributed by atoms with E-state index in [1.54, 1.807) is 6.07 Å². The second-order valence-electron chi connectivity index (χ2n) is 6.42. The number of carbonyl (C=O) groups excluding carboxylic acids is 1. The van der Waals surface area contributed by atoms with E-state index in [4.69, 9.17) is 27.9 Å². The van der Waals surface area contributed by atoms with Crippen molar-refractivity contribution in [1.29, 1.82) is 0 Å². The molecule has 3 nitrogen and oxygen atoms in total. The molecule has 0 spiro atoms. The highest BCUT2D eigenvalue weighted by molar-refractivity contribution is 6.35. The van der Waals surface area contributed by atoms with E-state index in [0.29, 0.717) is 16.7 Å². The number of likely N-dealkylation sites (tertiary alicyclic amines) is 1. The maximum absolute atomic E-state index is 12.5. The molecule has 1 fully saturated rings. The van der Waals surface area contributed by atoms with E-state index in [1.807, 2.05) is 43.3 Å². The van der Waals surface area contributed by atoms with E-state index >= 15 is 0 Å². The van der Waals surface area contributed by atoms with E-state index in [0.717, 1.165) is 29.7 Å². The van der Waals surface area contributed by atoms with Gasteiger partial charge in [0.2, 0.25) is 0 Å². The van der Waals surface area contributed by atoms with Gasteiger partial charge in [-0.25, -0.2) is 0 Å². The number of ether oxygens (including phenoxy) is 1. The van der Waals surface area contributed by atoms with E-state index in [2.05, 4.69) is 11.8 Å². The molecule has 1 aliphatic rings. The quantitative estimate of drug-likeness (QED) is 0.672. The van der Waals surface area contributed by atoms with Gasteiger partial charge in [0.25, 0.3) is 0 Å². The third-order valence-electron chi connectivity index (χ3n) is 4.87. The molecular formula is C20H21Cl2NO2. The van der Waals surface area contributed by atoms with Gasteiger partial charge in [0.15, 0.2) is 0 Å². The Bertz CT molecular complexity index is 778. The molecule has 3 rings (SSSR count). The van der Waals surface area contributed by atoms with Crippen LogP contribution in [0.3, 0.4) is 0 Å². The molecule has 1 aliphatic heterocycles. The Kier molecular flexibility index (Phi) is 5.67. The highest BCUT2D eigenvalue weighted by atomic mass is 35.5. The summed E-state index contributed by atoms with van der Waals surface area (Å²) >= 11 is 12.3. The Hall–Kier alpha value is -1.55. The molecule has 0 N–H and O–H groups in total. The predicted octanol–water partition coefficient (Wildman–Crippen LogP) is 5.18. The van der Waals surface area contributed by atoms with Crippen molar-refractivity contribution in [3.63, 3.8) is 0 Å². The fourth-order valence-electron chi connectivity index (χ4n) is 3.16. The second-order valence-corrected chi connectivity index (χ2v) is 7.26. The van der Waals surface area contributed by atoms with Crippen LogP contribution in [-0.4, -0.2) is 23.5 Å². The van der Waals surface area contributed by atoms with Crippen molar-refractivity contribution in [1.82, 2.24) is 4.90 Å². The van der Waals surface area contributed by atoms with E-state index in [-0.39, 0.29) is 18.1 Å². The highest BCUT2D eigenvalue weighted by Gasteiger charge is 2.39. The molecular weight excluding hydrogens is 357 g/mol. The molecule has 0 bridgehead atoms. The van der Waals surface area contributed by atoms with Crippen molar-refractivity contribution in [3.05, 3.63) is 69.2 Å². The molecule has 2 unspecified atom stereocenters. The molecule has 2 aromatic rings.